The maximum absolute atomic E-state index is 5.96. The van der Waals surface area contributed by atoms with E-state index in [2.05, 4.69) is 5.32 Å². The van der Waals surface area contributed by atoms with Crippen molar-refractivity contribution in [1.29, 1.82) is 0 Å². The largest absolute Gasteiger partial charge is 0.495 e. The number of aryl methyl sites for hydroxylation is 1. The van der Waals surface area contributed by atoms with E-state index in [1.165, 1.54) is 0 Å². The molecule has 2 aromatic rings. The van der Waals surface area contributed by atoms with Crippen LogP contribution in [0.1, 0.15) is 5.56 Å². The number of hydrogen-bond donors (Lipinski definition) is 2. The van der Waals surface area contributed by atoms with Gasteiger partial charge in [-0.15, -0.1) is 0 Å². The molecule has 0 aliphatic rings. The third-order valence-corrected chi connectivity index (χ3v) is 2.67. The Morgan fingerprint density at radius 2 is 1.82 bits per heavy atom. The van der Waals surface area contributed by atoms with E-state index in [1.54, 1.807) is 7.11 Å². The average molecular weight is 228 g/mol. The fourth-order valence-electron chi connectivity index (χ4n) is 1.74. The van der Waals surface area contributed by atoms with Gasteiger partial charge in [-0.25, -0.2) is 0 Å². The summed E-state index contributed by atoms with van der Waals surface area (Å²) in [5, 5.41) is 3.31. The molecule has 0 spiro atoms. The predicted molar refractivity (Wildman–Crippen MR) is 71.9 cm³/mol. The number of nitrogens with one attached hydrogen (secondary N) is 1. The van der Waals surface area contributed by atoms with Gasteiger partial charge in [-0.05, 0) is 30.7 Å². The van der Waals surface area contributed by atoms with E-state index < -0.39 is 0 Å². The summed E-state index contributed by atoms with van der Waals surface area (Å²) < 4.78 is 5.29. The summed E-state index contributed by atoms with van der Waals surface area (Å²) in [4.78, 5) is 0. The number of methoxy groups -OCH3 is 1. The molecule has 88 valence electrons. The van der Waals surface area contributed by atoms with Crippen LogP contribution in [0.4, 0.5) is 17.1 Å². The third-order valence-electron chi connectivity index (χ3n) is 2.67. The van der Waals surface area contributed by atoms with Crippen molar-refractivity contribution in [3.05, 3.63) is 48.0 Å². The molecule has 0 aliphatic carbocycles. The van der Waals surface area contributed by atoms with Crippen molar-refractivity contribution in [1.82, 2.24) is 0 Å². The number of nitrogens with two attached hydrogens (primary N) is 1. The molecule has 0 heterocycles. The molecule has 0 saturated heterocycles. The number of para-hydroxylation sites is 3. The zero-order valence-electron chi connectivity index (χ0n) is 10.0. The summed E-state index contributed by atoms with van der Waals surface area (Å²) in [6.07, 6.45) is 0. The highest BCUT2D eigenvalue weighted by Crippen LogP contribution is 2.31. The SMILES string of the molecule is COc1ccccc1Nc1c(C)cccc1N. The number of hydrogen-bond acceptors (Lipinski definition) is 3. The van der Waals surface area contributed by atoms with Gasteiger partial charge in [0.1, 0.15) is 5.75 Å². The van der Waals surface area contributed by atoms with Crippen molar-refractivity contribution < 1.29 is 4.74 Å². The molecule has 3 N–H and O–H groups in total. The van der Waals surface area contributed by atoms with E-state index in [-0.39, 0.29) is 0 Å². The molecule has 0 aromatic heterocycles. The molecule has 0 bridgehead atoms. The lowest BCUT2D eigenvalue weighted by Crippen LogP contribution is -2.00. The van der Waals surface area contributed by atoms with E-state index in [1.807, 2.05) is 49.4 Å². The summed E-state index contributed by atoms with van der Waals surface area (Å²) in [5.74, 6) is 0.801. The molecule has 0 amide bonds. The predicted octanol–water partition coefficient (Wildman–Crippen LogP) is 3.33. The number of benzene rings is 2. The molecule has 2 aromatic carbocycles. The maximum Gasteiger partial charge on any atom is 0.142 e. The topological polar surface area (TPSA) is 47.3 Å². The second-order valence-electron chi connectivity index (χ2n) is 3.86. The fraction of sp³-hybridized carbons (Fsp3) is 0.143. The summed E-state index contributed by atoms with van der Waals surface area (Å²) in [6.45, 7) is 2.02. The highest BCUT2D eigenvalue weighted by atomic mass is 16.5. The highest BCUT2D eigenvalue weighted by Gasteiger charge is 2.06. The summed E-state index contributed by atoms with van der Waals surface area (Å²) in [6, 6.07) is 13.6. The Hall–Kier alpha value is -2.16. The lowest BCUT2D eigenvalue weighted by atomic mass is 10.1. The van der Waals surface area contributed by atoms with Gasteiger partial charge in [0.15, 0.2) is 0 Å². The monoisotopic (exact) mass is 228 g/mol. The standard InChI is InChI=1S/C14H16N2O/c1-10-6-5-7-11(15)14(10)16-12-8-3-4-9-13(12)17-2/h3-9,16H,15H2,1-2H3. The molecule has 3 nitrogen and oxygen atoms in total. The van der Waals surface area contributed by atoms with E-state index in [0.717, 1.165) is 28.4 Å². The van der Waals surface area contributed by atoms with E-state index in [9.17, 15) is 0 Å². The van der Waals surface area contributed by atoms with Crippen molar-refractivity contribution >= 4 is 17.1 Å². The van der Waals surface area contributed by atoms with Crippen LogP contribution in [0, 0.1) is 6.92 Å². The van der Waals surface area contributed by atoms with Crippen LogP contribution in [-0.4, -0.2) is 7.11 Å². The molecule has 3 heteroatoms. The van der Waals surface area contributed by atoms with Gasteiger partial charge in [0.05, 0.1) is 24.2 Å². The van der Waals surface area contributed by atoms with Gasteiger partial charge >= 0.3 is 0 Å². The molecule has 0 fully saturated rings. The van der Waals surface area contributed by atoms with Crippen molar-refractivity contribution in [3.8, 4) is 5.75 Å². The number of anilines is 3. The second-order valence-corrected chi connectivity index (χ2v) is 3.86. The summed E-state index contributed by atoms with van der Waals surface area (Å²) >= 11 is 0. The van der Waals surface area contributed by atoms with Gasteiger partial charge in [0.25, 0.3) is 0 Å². The van der Waals surface area contributed by atoms with E-state index in [4.69, 9.17) is 10.5 Å². The average Bonchev–Trinajstić information content (AvgIpc) is 2.34. The van der Waals surface area contributed by atoms with Crippen LogP contribution in [0.2, 0.25) is 0 Å². The molecule has 0 radical (unpaired) electrons. The van der Waals surface area contributed by atoms with Crippen molar-refractivity contribution in [2.75, 3.05) is 18.2 Å². The Balaban J connectivity index is 2.38. The smallest absolute Gasteiger partial charge is 0.142 e. The number of ether oxygens (including phenoxy) is 1. The van der Waals surface area contributed by atoms with Gasteiger partial charge in [0.2, 0.25) is 0 Å². The Morgan fingerprint density at radius 1 is 1.06 bits per heavy atom. The Bertz CT molecular complexity index is 503. The lowest BCUT2D eigenvalue weighted by molar-refractivity contribution is 0.417. The Labute approximate surface area is 101 Å². The minimum absolute atomic E-state index is 0.732. The van der Waals surface area contributed by atoms with Crippen LogP contribution >= 0.6 is 0 Å². The van der Waals surface area contributed by atoms with Crippen LogP contribution in [0.25, 0.3) is 0 Å². The Kier molecular flexibility index (Phi) is 3.19. The van der Waals surface area contributed by atoms with Crippen molar-refractivity contribution in [2.45, 2.75) is 6.92 Å². The first-order valence-electron chi connectivity index (χ1n) is 5.47. The minimum Gasteiger partial charge on any atom is -0.495 e. The van der Waals surface area contributed by atoms with Gasteiger partial charge in [-0.3, -0.25) is 0 Å². The molecule has 0 saturated carbocycles. The van der Waals surface area contributed by atoms with Gasteiger partial charge in [-0.2, -0.15) is 0 Å². The van der Waals surface area contributed by atoms with Crippen LogP contribution in [0.3, 0.4) is 0 Å². The zero-order valence-corrected chi connectivity index (χ0v) is 10.0. The molecule has 17 heavy (non-hydrogen) atoms. The first-order chi connectivity index (χ1) is 8.22. The van der Waals surface area contributed by atoms with Gasteiger partial charge < -0.3 is 15.8 Å². The van der Waals surface area contributed by atoms with Crippen LogP contribution < -0.4 is 15.8 Å². The van der Waals surface area contributed by atoms with Crippen LogP contribution in [-0.2, 0) is 0 Å². The van der Waals surface area contributed by atoms with Gasteiger partial charge in [-0.1, -0.05) is 24.3 Å². The molecular weight excluding hydrogens is 212 g/mol. The minimum atomic E-state index is 0.732. The lowest BCUT2D eigenvalue weighted by Gasteiger charge is -2.14. The summed E-state index contributed by atoms with van der Waals surface area (Å²) in [5.41, 5.74) is 9.64. The van der Waals surface area contributed by atoms with Crippen molar-refractivity contribution in [3.63, 3.8) is 0 Å². The van der Waals surface area contributed by atoms with Crippen LogP contribution in [0.5, 0.6) is 5.75 Å². The Morgan fingerprint density at radius 3 is 2.53 bits per heavy atom. The quantitative estimate of drug-likeness (QED) is 0.792. The van der Waals surface area contributed by atoms with Gasteiger partial charge in [0, 0.05) is 0 Å². The molecular formula is C14H16N2O. The normalized spacial score (nSPS) is 10.0. The van der Waals surface area contributed by atoms with E-state index in [0.29, 0.717) is 0 Å². The van der Waals surface area contributed by atoms with Crippen molar-refractivity contribution in [2.24, 2.45) is 0 Å². The first-order valence-corrected chi connectivity index (χ1v) is 5.47. The van der Waals surface area contributed by atoms with E-state index >= 15 is 0 Å². The molecule has 2 rings (SSSR count). The summed E-state index contributed by atoms with van der Waals surface area (Å²) in [7, 11) is 1.65. The zero-order chi connectivity index (χ0) is 12.3. The first kappa shape index (κ1) is 11.3. The molecule has 0 unspecified atom stereocenters. The molecule has 0 aliphatic heterocycles. The fourth-order valence-corrected chi connectivity index (χ4v) is 1.74. The third kappa shape index (κ3) is 2.33. The number of nitrogen functional groups attached to an aromatic ring is 1. The highest BCUT2D eigenvalue weighted by molar-refractivity contribution is 5.77. The van der Waals surface area contributed by atoms with Crippen LogP contribution in [0.15, 0.2) is 42.5 Å². The maximum atomic E-state index is 5.96. The number of rotatable bonds is 3. The molecule has 0 atom stereocenters. The second kappa shape index (κ2) is 4.78.